The molecule has 76 valence electrons. The summed E-state index contributed by atoms with van der Waals surface area (Å²) in [4.78, 5) is 12.2. The van der Waals surface area contributed by atoms with E-state index in [1.54, 1.807) is 0 Å². The molecule has 1 aromatic rings. The summed E-state index contributed by atoms with van der Waals surface area (Å²) in [5, 5.41) is 12.7. The summed E-state index contributed by atoms with van der Waals surface area (Å²) < 4.78 is 4.80. The van der Waals surface area contributed by atoms with E-state index in [0.29, 0.717) is 12.0 Å². The van der Waals surface area contributed by atoms with Crippen LogP contribution in [0.3, 0.4) is 0 Å². The van der Waals surface area contributed by atoms with Crippen LogP contribution in [-0.2, 0) is 13.0 Å². The van der Waals surface area contributed by atoms with Crippen LogP contribution < -0.4 is 5.73 Å². The first-order valence-electron chi connectivity index (χ1n) is 4.32. The first kappa shape index (κ1) is 8.86. The van der Waals surface area contributed by atoms with Gasteiger partial charge in [0.25, 0.3) is 0 Å². The van der Waals surface area contributed by atoms with Crippen LogP contribution in [0.4, 0.5) is 10.7 Å². The van der Waals surface area contributed by atoms with Gasteiger partial charge in [-0.2, -0.15) is 0 Å². The van der Waals surface area contributed by atoms with Crippen LogP contribution in [0.1, 0.15) is 18.2 Å². The summed E-state index contributed by atoms with van der Waals surface area (Å²) >= 11 is 0. The lowest BCUT2D eigenvalue weighted by Gasteiger charge is -2.29. The second kappa shape index (κ2) is 2.90. The van der Waals surface area contributed by atoms with E-state index in [1.807, 2.05) is 6.92 Å². The van der Waals surface area contributed by atoms with Gasteiger partial charge in [-0.3, -0.25) is 0 Å². The summed E-state index contributed by atoms with van der Waals surface area (Å²) in [6, 6.07) is -0.0792. The molecule has 1 aliphatic heterocycles. The van der Waals surface area contributed by atoms with Crippen molar-refractivity contribution in [3.05, 3.63) is 11.3 Å². The minimum absolute atomic E-state index is 0.0792. The molecule has 1 amide bonds. The Morgan fingerprint density at radius 3 is 3.14 bits per heavy atom. The van der Waals surface area contributed by atoms with Crippen LogP contribution in [0, 0.1) is 0 Å². The molecule has 1 aliphatic rings. The van der Waals surface area contributed by atoms with Gasteiger partial charge in [-0.05, 0) is 6.92 Å². The number of amides is 1. The number of carboxylic acid groups (broad SMARTS) is 1. The monoisotopic (exact) mass is 197 g/mol. The van der Waals surface area contributed by atoms with Crippen LogP contribution in [0.25, 0.3) is 0 Å². The maximum atomic E-state index is 10.8. The van der Waals surface area contributed by atoms with E-state index in [0.717, 1.165) is 5.69 Å². The first-order valence-corrected chi connectivity index (χ1v) is 4.32. The van der Waals surface area contributed by atoms with Crippen molar-refractivity contribution >= 4 is 12.0 Å². The van der Waals surface area contributed by atoms with Crippen molar-refractivity contribution in [1.82, 2.24) is 10.1 Å². The van der Waals surface area contributed by atoms with E-state index < -0.39 is 6.09 Å². The molecule has 1 atom stereocenters. The van der Waals surface area contributed by atoms with E-state index >= 15 is 0 Å². The number of rotatable bonds is 0. The Morgan fingerprint density at radius 2 is 2.50 bits per heavy atom. The Bertz CT molecular complexity index is 374. The third kappa shape index (κ3) is 1.19. The number of nitrogens with zero attached hydrogens (tertiary/aromatic N) is 2. The molecule has 3 N–H and O–H groups in total. The van der Waals surface area contributed by atoms with Gasteiger partial charge in [-0.15, -0.1) is 0 Å². The Morgan fingerprint density at radius 1 is 1.79 bits per heavy atom. The fourth-order valence-electron chi connectivity index (χ4n) is 1.66. The molecule has 0 saturated carbocycles. The van der Waals surface area contributed by atoms with Gasteiger partial charge in [-0.1, -0.05) is 5.16 Å². The SMILES string of the molecule is C[C@H]1Cc2noc(N)c2CN1C(=O)O. The Kier molecular flexibility index (Phi) is 1.83. The molecule has 0 aliphatic carbocycles. The number of aromatic nitrogens is 1. The van der Waals surface area contributed by atoms with Crippen molar-refractivity contribution in [3.8, 4) is 0 Å². The molecule has 0 radical (unpaired) electrons. The number of fused-ring (bicyclic) bond motifs is 1. The van der Waals surface area contributed by atoms with Gasteiger partial charge in [0.2, 0.25) is 5.88 Å². The number of nitrogen functional groups attached to an aromatic ring is 1. The van der Waals surface area contributed by atoms with E-state index in [9.17, 15) is 4.79 Å². The summed E-state index contributed by atoms with van der Waals surface area (Å²) in [5.41, 5.74) is 6.99. The Balaban J connectivity index is 2.33. The molecular formula is C8H11N3O3. The number of nitrogens with two attached hydrogens (primary N) is 1. The Labute approximate surface area is 80.3 Å². The smallest absolute Gasteiger partial charge is 0.407 e. The lowest BCUT2D eigenvalue weighted by molar-refractivity contribution is 0.119. The maximum Gasteiger partial charge on any atom is 0.407 e. The molecule has 0 bridgehead atoms. The zero-order valence-electron chi connectivity index (χ0n) is 7.73. The maximum absolute atomic E-state index is 10.8. The highest BCUT2D eigenvalue weighted by Gasteiger charge is 2.30. The first-order chi connectivity index (χ1) is 6.59. The number of hydrogen-bond acceptors (Lipinski definition) is 4. The average Bonchev–Trinajstić information content (AvgIpc) is 2.46. The zero-order valence-corrected chi connectivity index (χ0v) is 7.73. The summed E-state index contributed by atoms with van der Waals surface area (Å²) in [6.07, 6.45) is -0.383. The average molecular weight is 197 g/mol. The van der Waals surface area contributed by atoms with Gasteiger partial charge in [0, 0.05) is 12.5 Å². The van der Waals surface area contributed by atoms with Crippen LogP contribution in [0.2, 0.25) is 0 Å². The molecule has 2 rings (SSSR count). The molecule has 0 aromatic carbocycles. The highest BCUT2D eigenvalue weighted by molar-refractivity contribution is 5.66. The zero-order chi connectivity index (χ0) is 10.3. The molecule has 6 nitrogen and oxygen atoms in total. The third-order valence-corrected chi connectivity index (χ3v) is 2.49. The second-order valence-electron chi connectivity index (χ2n) is 3.44. The molecule has 0 saturated heterocycles. The molecule has 0 unspecified atom stereocenters. The van der Waals surface area contributed by atoms with Crippen LogP contribution in [0.5, 0.6) is 0 Å². The molecule has 6 heteroatoms. The third-order valence-electron chi connectivity index (χ3n) is 2.49. The highest BCUT2D eigenvalue weighted by atomic mass is 16.5. The van der Waals surface area contributed by atoms with E-state index in [-0.39, 0.29) is 18.5 Å². The highest BCUT2D eigenvalue weighted by Crippen LogP contribution is 2.26. The van der Waals surface area contributed by atoms with Gasteiger partial charge in [0.1, 0.15) is 0 Å². The largest absolute Gasteiger partial charge is 0.465 e. The molecule has 2 heterocycles. The molecule has 0 fully saturated rings. The van der Waals surface area contributed by atoms with Gasteiger partial charge in [-0.25, -0.2) is 4.79 Å². The van der Waals surface area contributed by atoms with Gasteiger partial charge in [0.15, 0.2) is 0 Å². The van der Waals surface area contributed by atoms with Gasteiger partial charge in [0.05, 0.1) is 17.8 Å². The van der Waals surface area contributed by atoms with Gasteiger partial charge < -0.3 is 20.3 Å². The lowest BCUT2D eigenvalue weighted by atomic mass is 10.0. The summed E-state index contributed by atoms with van der Waals surface area (Å²) in [7, 11) is 0. The number of anilines is 1. The fraction of sp³-hybridized carbons (Fsp3) is 0.500. The van der Waals surface area contributed by atoms with Crippen molar-refractivity contribution in [2.24, 2.45) is 0 Å². The molecule has 14 heavy (non-hydrogen) atoms. The standard InChI is InChI=1S/C8H11N3O3/c1-4-2-6-5(7(9)14-10-6)3-11(4)8(12)13/h4H,2-3,9H2,1H3,(H,12,13)/t4-/m0/s1. The van der Waals surface area contributed by atoms with Crippen LogP contribution in [-0.4, -0.2) is 27.3 Å². The van der Waals surface area contributed by atoms with Crippen LogP contribution in [0.15, 0.2) is 4.52 Å². The van der Waals surface area contributed by atoms with E-state index in [2.05, 4.69) is 5.16 Å². The Hall–Kier alpha value is -1.72. The van der Waals surface area contributed by atoms with Gasteiger partial charge >= 0.3 is 6.09 Å². The molecule has 0 spiro atoms. The normalized spacial score (nSPS) is 20.6. The lowest BCUT2D eigenvalue weighted by Crippen LogP contribution is -2.41. The van der Waals surface area contributed by atoms with Crippen molar-refractivity contribution in [2.45, 2.75) is 25.9 Å². The van der Waals surface area contributed by atoms with E-state index in [1.165, 1.54) is 4.90 Å². The molecular weight excluding hydrogens is 186 g/mol. The van der Waals surface area contributed by atoms with Crippen LogP contribution >= 0.6 is 0 Å². The number of carbonyl (C=O) groups is 1. The predicted octanol–water partition coefficient (Wildman–Crippen LogP) is 0.681. The van der Waals surface area contributed by atoms with Crippen molar-refractivity contribution in [2.75, 3.05) is 5.73 Å². The minimum atomic E-state index is -0.941. The van der Waals surface area contributed by atoms with Crippen molar-refractivity contribution < 1.29 is 14.4 Å². The summed E-state index contributed by atoms with van der Waals surface area (Å²) in [5.74, 6) is 0.221. The topological polar surface area (TPSA) is 92.6 Å². The molecule has 1 aromatic heterocycles. The second-order valence-corrected chi connectivity index (χ2v) is 3.44. The van der Waals surface area contributed by atoms with Crippen molar-refractivity contribution in [3.63, 3.8) is 0 Å². The van der Waals surface area contributed by atoms with E-state index in [4.69, 9.17) is 15.4 Å². The number of hydrogen-bond donors (Lipinski definition) is 2. The van der Waals surface area contributed by atoms with Crippen molar-refractivity contribution in [1.29, 1.82) is 0 Å². The minimum Gasteiger partial charge on any atom is -0.465 e. The predicted molar refractivity (Wildman–Crippen MR) is 47.6 cm³/mol. The quantitative estimate of drug-likeness (QED) is 0.638. The summed E-state index contributed by atoms with van der Waals surface area (Å²) in [6.45, 7) is 2.10. The fourth-order valence-corrected chi connectivity index (χ4v) is 1.66.